The first kappa shape index (κ1) is 19.9. The number of carbonyl (C=O) groups excluding carboxylic acids is 1. The highest BCUT2D eigenvalue weighted by Gasteiger charge is 2.21. The van der Waals surface area contributed by atoms with Gasteiger partial charge in [-0.25, -0.2) is 0 Å². The normalized spacial score (nSPS) is 14.1. The van der Waals surface area contributed by atoms with E-state index in [2.05, 4.69) is 19.2 Å². The van der Waals surface area contributed by atoms with Gasteiger partial charge in [-0.05, 0) is 35.7 Å². The Labute approximate surface area is 165 Å². The van der Waals surface area contributed by atoms with Crippen LogP contribution in [0.3, 0.4) is 0 Å². The molecular weight excluding hydrogens is 358 g/mol. The third-order valence-corrected chi connectivity index (χ3v) is 4.54. The van der Waals surface area contributed by atoms with Gasteiger partial charge in [-0.1, -0.05) is 32.0 Å². The third-order valence-electron chi connectivity index (χ3n) is 4.54. The summed E-state index contributed by atoms with van der Waals surface area (Å²) in [6, 6.07) is 12.9. The van der Waals surface area contributed by atoms with Gasteiger partial charge in [0.15, 0.2) is 29.6 Å². The molecule has 0 bridgehead atoms. The van der Waals surface area contributed by atoms with Gasteiger partial charge in [0, 0.05) is 6.42 Å². The van der Waals surface area contributed by atoms with Gasteiger partial charge >= 0.3 is 0 Å². The molecule has 150 valence electrons. The molecule has 0 unspecified atom stereocenters. The fourth-order valence-corrected chi connectivity index (χ4v) is 3.10. The van der Waals surface area contributed by atoms with Crippen molar-refractivity contribution in [3.05, 3.63) is 48.0 Å². The standard InChI is InChI=1S/C22H27NO5/c1-15(2)22(16-9-10-19-20(13-16)27-12-6-11-26-19)23-21(24)14-28-18-8-5-4-7-17(18)25-3/h4-5,7-10,13,15,22H,6,11-12,14H2,1-3H3,(H,23,24)/t22-/m1/s1. The van der Waals surface area contributed by atoms with Gasteiger partial charge in [-0.15, -0.1) is 0 Å². The average Bonchev–Trinajstić information content (AvgIpc) is 2.95. The SMILES string of the molecule is COc1ccccc1OCC(=O)N[C@@H](c1ccc2c(c1)OCCCO2)C(C)C. The van der Waals surface area contributed by atoms with E-state index >= 15 is 0 Å². The molecule has 2 aromatic rings. The van der Waals surface area contributed by atoms with E-state index in [9.17, 15) is 4.79 Å². The fraction of sp³-hybridized carbons (Fsp3) is 0.409. The zero-order valence-electron chi connectivity index (χ0n) is 16.6. The summed E-state index contributed by atoms with van der Waals surface area (Å²) >= 11 is 0. The molecule has 0 aromatic heterocycles. The number of rotatable bonds is 7. The summed E-state index contributed by atoms with van der Waals surface area (Å²) in [6.07, 6.45) is 0.856. The highest BCUT2D eigenvalue weighted by atomic mass is 16.5. The summed E-state index contributed by atoms with van der Waals surface area (Å²) in [7, 11) is 1.57. The van der Waals surface area contributed by atoms with Crippen LogP contribution in [0, 0.1) is 5.92 Å². The Morgan fingerprint density at radius 1 is 1.07 bits per heavy atom. The first-order valence-electron chi connectivity index (χ1n) is 9.53. The zero-order valence-corrected chi connectivity index (χ0v) is 16.6. The molecular formula is C22H27NO5. The molecule has 1 heterocycles. The maximum Gasteiger partial charge on any atom is 0.258 e. The average molecular weight is 385 g/mol. The van der Waals surface area contributed by atoms with Crippen LogP contribution in [-0.2, 0) is 4.79 Å². The minimum absolute atomic E-state index is 0.0891. The van der Waals surface area contributed by atoms with Crippen molar-refractivity contribution < 1.29 is 23.7 Å². The van der Waals surface area contributed by atoms with E-state index < -0.39 is 0 Å². The molecule has 1 atom stereocenters. The van der Waals surface area contributed by atoms with E-state index in [4.69, 9.17) is 18.9 Å². The van der Waals surface area contributed by atoms with Crippen LogP contribution < -0.4 is 24.3 Å². The Morgan fingerprint density at radius 3 is 2.50 bits per heavy atom. The van der Waals surface area contributed by atoms with Crippen molar-refractivity contribution in [1.29, 1.82) is 0 Å². The maximum atomic E-state index is 12.5. The number of fused-ring (bicyclic) bond motifs is 1. The molecule has 0 aliphatic carbocycles. The Hall–Kier alpha value is -2.89. The lowest BCUT2D eigenvalue weighted by Gasteiger charge is -2.24. The van der Waals surface area contributed by atoms with Crippen molar-refractivity contribution in [2.24, 2.45) is 5.92 Å². The first-order valence-corrected chi connectivity index (χ1v) is 9.53. The summed E-state index contributed by atoms with van der Waals surface area (Å²) in [6.45, 7) is 5.32. The van der Waals surface area contributed by atoms with Gasteiger partial charge < -0.3 is 24.3 Å². The van der Waals surface area contributed by atoms with E-state index in [-0.39, 0.29) is 24.5 Å². The molecule has 1 amide bonds. The van der Waals surface area contributed by atoms with Crippen molar-refractivity contribution >= 4 is 5.91 Å². The molecule has 1 aliphatic rings. The molecule has 2 aromatic carbocycles. The van der Waals surface area contributed by atoms with Gasteiger partial charge in [0.05, 0.1) is 26.4 Å². The minimum atomic E-state index is -0.197. The quantitative estimate of drug-likeness (QED) is 0.786. The van der Waals surface area contributed by atoms with Crippen LogP contribution in [0.2, 0.25) is 0 Å². The highest BCUT2D eigenvalue weighted by molar-refractivity contribution is 5.78. The second-order valence-electron chi connectivity index (χ2n) is 6.99. The van der Waals surface area contributed by atoms with E-state index in [0.717, 1.165) is 23.5 Å². The van der Waals surface area contributed by atoms with Gasteiger partial charge in [0.1, 0.15) is 0 Å². The van der Waals surface area contributed by atoms with Crippen molar-refractivity contribution in [3.8, 4) is 23.0 Å². The summed E-state index contributed by atoms with van der Waals surface area (Å²) < 4.78 is 22.3. The smallest absolute Gasteiger partial charge is 0.258 e. The highest BCUT2D eigenvalue weighted by Crippen LogP contribution is 2.34. The third kappa shape index (κ3) is 4.88. The predicted molar refractivity (Wildman–Crippen MR) is 106 cm³/mol. The number of para-hydroxylation sites is 2. The molecule has 28 heavy (non-hydrogen) atoms. The summed E-state index contributed by atoms with van der Waals surface area (Å²) in [5.74, 6) is 2.60. The molecule has 6 heteroatoms. The maximum absolute atomic E-state index is 12.5. The molecule has 1 aliphatic heterocycles. The van der Waals surface area contributed by atoms with Crippen LogP contribution in [0.25, 0.3) is 0 Å². The van der Waals surface area contributed by atoms with Crippen molar-refractivity contribution in [2.45, 2.75) is 26.3 Å². The number of carbonyl (C=O) groups is 1. The second kappa shape index (κ2) is 9.35. The summed E-state index contributed by atoms with van der Waals surface area (Å²) in [4.78, 5) is 12.5. The van der Waals surface area contributed by atoms with Gasteiger partial charge in [-0.2, -0.15) is 0 Å². The van der Waals surface area contributed by atoms with Crippen molar-refractivity contribution in [1.82, 2.24) is 5.32 Å². The van der Waals surface area contributed by atoms with Crippen LogP contribution in [0.5, 0.6) is 23.0 Å². The fourth-order valence-electron chi connectivity index (χ4n) is 3.10. The second-order valence-corrected chi connectivity index (χ2v) is 6.99. The van der Waals surface area contributed by atoms with Crippen molar-refractivity contribution in [3.63, 3.8) is 0 Å². The monoisotopic (exact) mass is 385 g/mol. The Kier molecular flexibility index (Phi) is 6.63. The molecule has 0 fully saturated rings. The number of hydrogen-bond acceptors (Lipinski definition) is 5. The van der Waals surface area contributed by atoms with E-state index in [1.165, 1.54) is 0 Å². The number of nitrogens with one attached hydrogen (secondary N) is 1. The first-order chi connectivity index (χ1) is 13.6. The number of benzene rings is 2. The van der Waals surface area contributed by atoms with Crippen molar-refractivity contribution in [2.75, 3.05) is 26.9 Å². The number of methoxy groups -OCH3 is 1. The molecule has 0 radical (unpaired) electrons. The van der Waals surface area contributed by atoms with E-state index in [1.807, 2.05) is 30.3 Å². The van der Waals surface area contributed by atoms with Gasteiger partial charge in [0.2, 0.25) is 0 Å². The van der Waals surface area contributed by atoms with E-state index in [1.54, 1.807) is 19.2 Å². The summed E-state index contributed by atoms with van der Waals surface area (Å²) in [5.41, 5.74) is 0.977. The van der Waals surface area contributed by atoms with Crippen LogP contribution in [-0.4, -0.2) is 32.8 Å². The number of amides is 1. The van der Waals surface area contributed by atoms with Crippen LogP contribution in [0.15, 0.2) is 42.5 Å². The molecule has 3 rings (SSSR count). The summed E-state index contributed by atoms with van der Waals surface area (Å²) in [5, 5.41) is 3.06. The molecule has 0 saturated heterocycles. The number of ether oxygens (including phenoxy) is 4. The lowest BCUT2D eigenvalue weighted by atomic mass is 9.95. The lowest BCUT2D eigenvalue weighted by molar-refractivity contribution is -0.124. The van der Waals surface area contributed by atoms with Crippen LogP contribution in [0.4, 0.5) is 0 Å². The van der Waals surface area contributed by atoms with E-state index in [0.29, 0.717) is 24.7 Å². The van der Waals surface area contributed by atoms with Gasteiger partial charge in [-0.3, -0.25) is 4.79 Å². The Bertz CT molecular complexity index is 805. The Morgan fingerprint density at radius 2 is 1.79 bits per heavy atom. The largest absolute Gasteiger partial charge is 0.493 e. The zero-order chi connectivity index (χ0) is 19.9. The molecule has 0 spiro atoms. The molecule has 0 saturated carbocycles. The Balaban J connectivity index is 1.67. The van der Waals surface area contributed by atoms with Crippen LogP contribution in [0.1, 0.15) is 31.9 Å². The van der Waals surface area contributed by atoms with Crippen LogP contribution >= 0.6 is 0 Å². The van der Waals surface area contributed by atoms with Gasteiger partial charge in [0.25, 0.3) is 5.91 Å². The minimum Gasteiger partial charge on any atom is -0.493 e. The number of hydrogen-bond donors (Lipinski definition) is 1. The molecule has 1 N–H and O–H groups in total. The lowest BCUT2D eigenvalue weighted by Crippen LogP contribution is -2.35. The topological polar surface area (TPSA) is 66.0 Å². The molecule has 6 nitrogen and oxygen atoms in total. The predicted octanol–water partition coefficient (Wildman–Crippen LogP) is 3.75.